The van der Waals surface area contributed by atoms with Crippen LogP contribution in [-0.4, -0.2) is 24.1 Å². The molecule has 2 rings (SSSR count). The zero-order valence-corrected chi connectivity index (χ0v) is 9.35. The van der Waals surface area contributed by atoms with Gasteiger partial charge in [0.15, 0.2) is 0 Å². The minimum Gasteiger partial charge on any atom is -0.413 e. The molecule has 1 aromatic rings. The van der Waals surface area contributed by atoms with Crippen molar-refractivity contribution in [2.45, 2.75) is 18.9 Å². The number of nitrogens with zero attached hydrogens (tertiary/aromatic N) is 1. The second-order valence-electron chi connectivity index (χ2n) is 3.99. The summed E-state index contributed by atoms with van der Waals surface area (Å²) in [6.07, 6.45) is 1.47. The number of carbonyl (C=O) groups excluding carboxylic acids is 1. The topological polar surface area (TPSA) is 29.5 Å². The molecule has 3 nitrogen and oxygen atoms in total. The highest BCUT2D eigenvalue weighted by atomic mass is 16.6. The van der Waals surface area contributed by atoms with Crippen LogP contribution in [0, 0.1) is 0 Å². The van der Waals surface area contributed by atoms with Gasteiger partial charge in [0.05, 0.1) is 6.04 Å². The van der Waals surface area contributed by atoms with E-state index < -0.39 is 0 Å². The maximum absolute atomic E-state index is 11.2. The number of cyclic esters (lactones) is 1. The van der Waals surface area contributed by atoms with E-state index in [9.17, 15) is 4.79 Å². The number of aryl methyl sites for hydroxylation is 1. The van der Waals surface area contributed by atoms with E-state index in [0.29, 0.717) is 5.76 Å². The Bertz CT molecular complexity index is 400. The zero-order valence-electron chi connectivity index (χ0n) is 9.35. The third kappa shape index (κ3) is 2.08. The molecule has 1 unspecified atom stereocenters. The summed E-state index contributed by atoms with van der Waals surface area (Å²) >= 11 is 0. The molecule has 0 N–H and O–H groups in total. The lowest BCUT2D eigenvalue weighted by Gasteiger charge is -2.15. The molecule has 84 valence electrons. The molecule has 0 aliphatic carbocycles. The lowest BCUT2D eigenvalue weighted by Crippen LogP contribution is -2.28. The average molecular weight is 217 g/mol. The molecule has 1 saturated heterocycles. The fraction of sp³-hybridized carbons (Fsp3) is 0.308. The molecule has 1 heterocycles. The molecule has 0 radical (unpaired) electrons. The van der Waals surface area contributed by atoms with Crippen LogP contribution in [-0.2, 0) is 11.2 Å². The minimum atomic E-state index is -0.303. The second kappa shape index (κ2) is 4.39. The highest BCUT2D eigenvalue weighted by molar-refractivity contribution is 5.72. The fourth-order valence-corrected chi connectivity index (χ4v) is 1.90. The van der Waals surface area contributed by atoms with E-state index in [-0.39, 0.29) is 12.1 Å². The van der Waals surface area contributed by atoms with E-state index in [1.807, 2.05) is 18.2 Å². The number of likely N-dealkylation sites (N-methyl/N-ethyl adjacent to an activating group) is 1. The quantitative estimate of drug-likeness (QED) is 0.778. The van der Waals surface area contributed by atoms with Gasteiger partial charge in [0.25, 0.3) is 0 Å². The zero-order chi connectivity index (χ0) is 11.5. The van der Waals surface area contributed by atoms with Gasteiger partial charge in [-0.3, -0.25) is 0 Å². The van der Waals surface area contributed by atoms with Crippen LogP contribution < -0.4 is 0 Å². The van der Waals surface area contributed by atoms with Gasteiger partial charge in [-0.25, -0.2) is 4.79 Å². The monoisotopic (exact) mass is 217 g/mol. The molecule has 3 heteroatoms. The average Bonchev–Trinajstić information content (AvgIpc) is 2.53. The first-order valence-electron chi connectivity index (χ1n) is 5.36. The van der Waals surface area contributed by atoms with E-state index in [2.05, 4.69) is 18.7 Å². The number of ether oxygens (including phenoxy) is 1. The molecule has 1 aromatic carbocycles. The van der Waals surface area contributed by atoms with Crippen LogP contribution in [0.2, 0.25) is 0 Å². The summed E-state index contributed by atoms with van der Waals surface area (Å²) in [5, 5.41) is 0. The number of hydrogen-bond acceptors (Lipinski definition) is 2. The Morgan fingerprint density at radius 1 is 1.38 bits per heavy atom. The van der Waals surface area contributed by atoms with Crippen molar-refractivity contribution in [3.63, 3.8) is 0 Å². The van der Waals surface area contributed by atoms with Crippen molar-refractivity contribution < 1.29 is 9.53 Å². The van der Waals surface area contributed by atoms with E-state index in [4.69, 9.17) is 4.74 Å². The van der Waals surface area contributed by atoms with Crippen LogP contribution in [0.4, 0.5) is 4.79 Å². The van der Waals surface area contributed by atoms with Crippen LogP contribution in [0.3, 0.4) is 0 Å². The number of benzene rings is 1. The lowest BCUT2D eigenvalue weighted by atomic mass is 10.0. The van der Waals surface area contributed by atoms with Crippen molar-refractivity contribution in [1.29, 1.82) is 0 Å². The minimum absolute atomic E-state index is 0.00714. The maximum atomic E-state index is 11.2. The van der Waals surface area contributed by atoms with Crippen molar-refractivity contribution in [3.8, 4) is 0 Å². The van der Waals surface area contributed by atoms with Gasteiger partial charge >= 0.3 is 6.09 Å². The Balaban J connectivity index is 1.96. The predicted octanol–water partition coefficient (Wildman–Crippen LogP) is 2.58. The normalized spacial score (nSPS) is 20.1. The van der Waals surface area contributed by atoms with Gasteiger partial charge in [0, 0.05) is 7.05 Å². The van der Waals surface area contributed by atoms with Gasteiger partial charge in [0.2, 0.25) is 0 Å². The third-order valence-corrected chi connectivity index (χ3v) is 2.89. The maximum Gasteiger partial charge on any atom is 0.415 e. The van der Waals surface area contributed by atoms with E-state index in [1.165, 1.54) is 5.56 Å². The molecule has 1 fully saturated rings. The van der Waals surface area contributed by atoms with Gasteiger partial charge in [-0.15, -0.1) is 0 Å². The van der Waals surface area contributed by atoms with Crippen LogP contribution >= 0.6 is 0 Å². The summed E-state index contributed by atoms with van der Waals surface area (Å²) in [7, 11) is 1.75. The molecule has 0 aromatic heterocycles. The highest BCUT2D eigenvalue weighted by Gasteiger charge is 2.32. The van der Waals surface area contributed by atoms with Crippen molar-refractivity contribution in [1.82, 2.24) is 4.90 Å². The number of rotatable bonds is 3. The lowest BCUT2D eigenvalue weighted by molar-refractivity contribution is 0.172. The Hall–Kier alpha value is -1.77. The van der Waals surface area contributed by atoms with Crippen molar-refractivity contribution in [3.05, 3.63) is 48.2 Å². The van der Waals surface area contributed by atoms with Gasteiger partial charge < -0.3 is 9.64 Å². The summed E-state index contributed by atoms with van der Waals surface area (Å²) in [6.45, 7) is 3.76. The SMILES string of the molecule is C=C1OC(=O)N(C)C1CCc1ccccc1. The standard InChI is InChI=1S/C13H15NO2/c1-10-12(14(2)13(15)16-10)9-8-11-6-4-3-5-7-11/h3-7,12H,1,8-9H2,2H3. The molecule has 1 aliphatic rings. The van der Waals surface area contributed by atoms with E-state index in [0.717, 1.165) is 12.8 Å². The van der Waals surface area contributed by atoms with Gasteiger partial charge in [-0.2, -0.15) is 0 Å². The molecule has 0 spiro atoms. The van der Waals surface area contributed by atoms with Gasteiger partial charge in [0.1, 0.15) is 5.76 Å². The molecular weight excluding hydrogens is 202 g/mol. The van der Waals surface area contributed by atoms with Crippen LogP contribution in [0.1, 0.15) is 12.0 Å². The number of carbonyl (C=O) groups is 1. The Kier molecular flexibility index (Phi) is 2.95. The summed E-state index contributed by atoms with van der Waals surface area (Å²) in [4.78, 5) is 12.9. The van der Waals surface area contributed by atoms with Gasteiger partial charge in [-0.1, -0.05) is 36.9 Å². The fourth-order valence-electron chi connectivity index (χ4n) is 1.90. The first-order valence-corrected chi connectivity index (χ1v) is 5.36. The van der Waals surface area contributed by atoms with Crippen LogP contribution in [0.25, 0.3) is 0 Å². The predicted molar refractivity (Wildman–Crippen MR) is 61.9 cm³/mol. The number of hydrogen-bond donors (Lipinski definition) is 0. The summed E-state index contributed by atoms with van der Waals surface area (Å²) in [5.74, 6) is 0.559. The molecule has 1 amide bonds. The number of amides is 1. The smallest absolute Gasteiger partial charge is 0.413 e. The molecule has 1 aliphatic heterocycles. The first-order chi connectivity index (χ1) is 7.68. The van der Waals surface area contributed by atoms with E-state index >= 15 is 0 Å². The highest BCUT2D eigenvalue weighted by Crippen LogP contribution is 2.23. The first kappa shape index (κ1) is 10.7. The van der Waals surface area contributed by atoms with Gasteiger partial charge in [-0.05, 0) is 18.4 Å². The van der Waals surface area contributed by atoms with Crippen molar-refractivity contribution >= 4 is 6.09 Å². The van der Waals surface area contributed by atoms with E-state index in [1.54, 1.807) is 11.9 Å². The van der Waals surface area contributed by atoms with Crippen molar-refractivity contribution in [2.24, 2.45) is 0 Å². The third-order valence-electron chi connectivity index (χ3n) is 2.89. The summed E-state index contributed by atoms with van der Waals surface area (Å²) in [5.41, 5.74) is 1.27. The molecule has 0 bridgehead atoms. The van der Waals surface area contributed by atoms with Crippen molar-refractivity contribution in [2.75, 3.05) is 7.05 Å². The second-order valence-corrected chi connectivity index (χ2v) is 3.99. The molecule has 1 atom stereocenters. The van der Waals surface area contributed by atoms with Crippen LogP contribution in [0.5, 0.6) is 0 Å². The Morgan fingerprint density at radius 2 is 2.06 bits per heavy atom. The molecule has 0 saturated carbocycles. The summed E-state index contributed by atoms with van der Waals surface area (Å²) < 4.78 is 4.97. The molecule has 16 heavy (non-hydrogen) atoms. The van der Waals surface area contributed by atoms with Crippen LogP contribution in [0.15, 0.2) is 42.7 Å². The molecular formula is C13H15NO2. The Morgan fingerprint density at radius 3 is 2.62 bits per heavy atom. The Labute approximate surface area is 95.3 Å². The summed E-state index contributed by atoms with van der Waals surface area (Å²) in [6, 6.07) is 10.2. The largest absolute Gasteiger partial charge is 0.415 e.